The molecule has 1 aliphatic heterocycles. The molecule has 10 heteroatoms. The lowest BCUT2D eigenvalue weighted by Crippen LogP contribution is -2.36. The SMILES string of the molecule is C=CCSc1nnc2c(n1)OC(c1ccc([N+](=O)[O-])cc1)N(C(C)=O)c1ccccc1-2. The summed E-state index contributed by atoms with van der Waals surface area (Å²) in [5, 5.41) is 19.9. The average Bonchev–Trinajstić information content (AvgIpc) is 2.92. The molecule has 1 aromatic heterocycles. The van der Waals surface area contributed by atoms with Gasteiger partial charge in [0.05, 0.1) is 10.6 Å². The molecule has 1 amide bonds. The van der Waals surface area contributed by atoms with Crippen molar-refractivity contribution in [3.63, 3.8) is 0 Å². The molecule has 1 unspecified atom stereocenters. The lowest BCUT2D eigenvalue weighted by Gasteiger charge is -2.29. The zero-order chi connectivity index (χ0) is 22.0. The van der Waals surface area contributed by atoms with E-state index in [0.717, 1.165) is 0 Å². The third-order valence-corrected chi connectivity index (χ3v) is 5.40. The van der Waals surface area contributed by atoms with Crippen LogP contribution in [0.2, 0.25) is 0 Å². The van der Waals surface area contributed by atoms with E-state index < -0.39 is 11.2 Å². The van der Waals surface area contributed by atoms with Crippen LogP contribution in [0.3, 0.4) is 0 Å². The number of nitrogens with zero attached hydrogens (tertiary/aromatic N) is 5. The van der Waals surface area contributed by atoms with Crippen molar-refractivity contribution in [2.24, 2.45) is 0 Å². The Bertz CT molecular complexity index is 1170. The molecule has 0 saturated carbocycles. The number of carbonyl (C=O) groups is 1. The second-order valence-electron chi connectivity index (χ2n) is 6.57. The first-order valence-corrected chi connectivity index (χ1v) is 10.3. The van der Waals surface area contributed by atoms with Gasteiger partial charge in [0.2, 0.25) is 23.2 Å². The maximum atomic E-state index is 12.7. The average molecular weight is 435 g/mol. The van der Waals surface area contributed by atoms with Crippen LogP contribution in [0.1, 0.15) is 18.7 Å². The fourth-order valence-corrected chi connectivity index (χ4v) is 3.74. The number of anilines is 1. The quantitative estimate of drug-likeness (QED) is 0.254. The number of aromatic nitrogens is 3. The largest absolute Gasteiger partial charge is 0.447 e. The number of amides is 1. The van der Waals surface area contributed by atoms with Crippen molar-refractivity contribution in [1.29, 1.82) is 0 Å². The van der Waals surface area contributed by atoms with Crippen LogP contribution >= 0.6 is 11.8 Å². The minimum atomic E-state index is -0.894. The maximum Gasteiger partial charge on any atom is 0.269 e. The van der Waals surface area contributed by atoms with Crippen LogP contribution in [0, 0.1) is 10.1 Å². The fourth-order valence-electron chi connectivity index (χ4n) is 3.22. The second kappa shape index (κ2) is 8.52. The van der Waals surface area contributed by atoms with Crippen LogP contribution in [0.15, 0.2) is 66.3 Å². The highest BCUT2D eigenvalue weighted by molar-refractivity contribution is 7.99. The molecule has 9 nitrogen and oxygen atoms in total. The fraction of sp³-hybridized carbons (Fsp3) is 0.143. The standard InChI is InChI=1S/C21H17N5O4S/c1-3-12-31-21-22-19-18(23-24-21)16-6-4-5-7-17(16)25(13(2)27)20(30-19)14-8-10-15(11-9-14)26(28)29/h3-11,20H,1,12H2,2H3. The summed E-state index contributed by atoms with van der Waals surface area (Å²) in [4.78, 5) is 29.2. The third kappa shape index (κ3) is 3.97. The number of nitro benzene ring substituents is 1. The Labute approximate surface area is 181 Å². The van der Waals surface area contributed by atoms with E-state index in [4.69, 9.17) is 4.74 Å². The van der Waals surface area contributed by atoms with Crippen molar-refractivity contribution in [3.05, 3.63) is 76.9 Å². The lowest BCUT2D eigenvalue weighted by molar-refractivity contribution is -0.384. The highest BCUT2D eigenvalue weighted by atomic mass is 32.2. The Morgan fingerprint density at radius 3 is 2.68 bits per heavy atom. The number of nitro groups is 1. The summed E-state index contributed by atoms with van der Waals surface area (Å²) in [5.41, 5.74) is 2.15. The Hall–Kier alpha value is -3.79. The number of thioether (sulfide) groups is 1. The van der Waals surface area contributed by atoms with E-state index >= 15 is 0 Å². The third-order valence-electron chi connectivity index (χ3n) is 4.57. The van der Waals surface area contributed by atoms with Gasteiger partial charge >= 0.3 is 0 Å². The molecule has 4 rings (SSSR count). The zero-order valence-corrected chi connectivity index (χ0v) is 17.3. The van der Waals surface area contributed by atoms with Crippen molar-refractivity contribution in [3.8, 4) is 17.1 Å². The monoisotopic (exact) mass is 435 g/mol. The number of ether oxygens (including phenoxy) is 1. The van der Waals surface area contributed by atoms with Gasteiger partial charge in [-0.15, -0.1) is 16.8 Å². The van der Waals surface area contributed by atoms with Crippen molar-refractivity contribution in [2.75, 3.05) is 10.7 Å². The number of carbonyl (C=O) groups excluding carboxylic acids is 1. The number of non-ortho nitro benzene ring substituents is 1. The molecule has 2 aromatic carbocycles. The summed E-state index contributed by atoms with van der Waals surface area (Å²) in [6.07, 6.45) is 0.835. The Kier molecular flexibility index (Phi) is 5.63. The smallest absolute Gasteiger partial charge is 0.269 e. The summed E-state index contributed by atoms with van der Waals surface area (Å²) in [6, 6.07) is 13.1. The Balaban J connectivity index is 1.88. The van der Waals surface area contributed by atoms with Gasteiger partial charge in [-0.05, 0) is 18.2 Å². The van der Waals surface area contributed by atoms with Crippen molar-refractivity contribution >= 4 is 29.0 Å². The van der Waals surface area contributed by atoms with E-state index in [1.54, 1.807) is 24.3 Å². The first kappa shape index (κ1) is 20.5. The highest BCUT2D eigenvalue weighted by Crippen LogP contribution is 2.43. The van der Waals surface area contributed by atoms with Gasteiger partial charge in [0.15, 0.2) is 5.69 Å². The van der Waals surface area contributed by atoms with Gasteiger partial charge < -0.3 is 4.74 Å². The molecule has 0 fully saturated rings. The van der Waals surface area contributed by atoms with Gasteiger partial charge in [0.1, 0.15) is 0 Å². The number of hydrogen-bond donors (Lipinski definition) is 0. The van der Waals surface area contributed by atoms with E-state index in [2.05, 4.69) is 21.8 Å². The predicted octanol–water partition coefficient (Wildman–Crippen LogP) is 4.17. The molecule has 0 bridgehead atoms. The van der Waals surface area contributed by atoms with Crippen LogP contribution in [0.25, 0.3) is 11.3 Å². The second-order valence-corrected chi connectivity index (χ2v) is 7.56. The van der Waals surface area contributed by atoms with Crippen LogP contribution in [-0.2, 0) is 4.79 Å². The molecule has 31 heavy (non-hydrogen) atoms. The molecule has 156 valence electrons. The molecule has 0 N–H and O–H groups in total. The normalized spacial score (nSPS) is 14.6. The topological polar surface area (TPSA) is 111 Å². The first-order valence-electron chi connectivity index (χ1n) is 9.28. The minimum Gasteiger partial charge on any atom is -0.447 e. The predicted molar refractivity (Wildman–Crippen MR) is 116 cm³/mol. The molecular formula is C21H17N5O4S. The Morgan fingerprint density at radius 1 is 1.26 bits per heavy atom. The summed E-state index contributed by atoms with van der Waals surface area (Å²) >= 11 is 1.35. The van der Waals surface area contributed by atoms with Crippen molar-refractivity contribution in [1.82, 2.24) is 15.2 Å². The molecule has 0 radical (unpaired) electrons. The number of hydrogen-bond acceptors (Lipinski definition) is 8. The van der Waals surface area contributed by atoms with Crippen LogP contribution in [0.5, 0.6) is 5.88 Å². The van der Waals surface area contributed by atoms with E-state index in [1.165, 1.54) is 35.7 Å². The highest BCUT2D eigenvalue weighted by Gasteiger charge is 2.34. The summed E-state index contributed by atoms with van der Waals surface area (Å²) in [7, 11) is 0. The molecule has 0 aliphatic carbocycles. The van der Waals surface area contributed by atoms with Gasteiger partial charge in [0.25, 0.3) is 5.69 Å². The zero-order valence-electron chi connectivity index (χ0n) is 16.5. The molecule has 0 spiro atoms. The van der Waals surface area contributed by atoms with E-state index in [-0.39, 0.29) is 17.5 Å². The molecular weight excluding hydrogens is 418 g/mol. The molecule has 1 aliphatic rings. The van der Waals surface area contributed by atoms with Crippen molar-refractivity contribution < 1.29 is 14.5 Å². The number of para-hydroxylation sites is 1. The number of fused-ring (bicyclic) bond motifs is 3. The summed E-state index contributed by atoms with van der Waals surface area (Å²) in [6.45, 7) is 5.12. The first-order chi connectivity index (χ1) is 15.0. The lowest BCUT2D eigenvalue weighted by atomic mass is 10.1. The van der Waals surface area contributed by atoms with Crippen LogP contribution < -0.4 is 9.64 Å². The van der Waals surface area contributed by atoms with E-state index in [1.807, 2.05) is 18.2 Å². The van der Waals surface area contributed by atoms with Gasteiger partial charge in [-0.25, -0.2) is 0 Å². The van der Waals surface area contributed by atoms with Crippen LogP contribution in [0.4, 0.5) is 11.4 Å². The van der Waals surface area contributed by atoms with Crippen LogP contribution in [-0.4, -0.2) is 31.8 Å². The number of benzene rings is 2. The molecule has 2 heterocycles. The van der Waals surface area contributed by atoms with Gasteiger partial charge in [-0.2, -0.15) is 4.98 Å². The Morgan fingerprint density at radius 2 is 2.00 bits per heavy atom. The van der Waals surface area contributed by atoms with Gasteiger partial charge in [-0.3, -0.25) is 19.8 Å². The number of rotatable bonds is 5. The van der Waals surface area contributed by atoms with E-state index in [9.17, 15) is 14.9 Å². The molecule has 3 aromatic rings. The van der Waals surface area contributed by atoms with Gasteiger partial charge in [0, 0.05) is 35.9 Å². The molecule has 0 saturated heterocycles. The van der Waals surface area contributed by atoms with Crippen molar-refractivity contribution in [2.45, 2.75) is 18.3 Å². The summed E-state index contributed by atoms with van der Waals surface area (Å²) in [5.74, 6) is 0.557. The maximum absolute atomic E-state index is 12.7. The van der Waals surface area contributed by atoms with E-state index in [0.29, 0.717) is 33.4 Å². The molecule has 1 atom stereocenters. The minimum absolute atomic E-state index is 0.0559. The van der Waals surface area contributed by atoms with Gasteiger partial charge in [-0.1, -0.05) is 36.0 Å². The summed E-state index contributed by atoms with van der Waals surface area (Å²) < 4.78 is 6.20.